The molecule has 0 saturated heterocycles. The van der Waals surface area contributed by atoms with E-state index in [1.807, 2.05) is 33.0 Å². The Bertz CT molecular complexity index is 311. The van der Waals surface area contributed by atoms with Crippen molar-refractivity contribution in [3.05, 3.63) is 29.8 Å². The van der Waals surface area contributed by atoms with Gasteiger partial charge in [0.25, 0.3) is 0 Å². The number of benzene rings is 1. The lowest BCUT2D eigenvalue weighted by molar-refractivity contribution is 0.0657. The largest absolute Gasteiger partial charge is 0.488 e. The summed E-state index contributed by atoms with van der Waals surface area (Å²) in [6, 6.07) is 8.55. The topological polar surface area (TPSA) is 30.5 Å². The average molecular weight is 237 g/mol. The molecular weight excluding hydrogens is 214 g/mol. The van der Waals surface area contributed by atoms with Gasteiger partial charge in [0.2, 0.25) is 0 Å². The normalized spacial score (nSPS) is 14.4. The Balaban J connectivity index is 2.50. The maximum absolute atomic E-state index is 5.74. The highest BCUT2D eigenvalue weighted by molar-refractivity contribution is 5.29. The summed E-state index contributed by atoms with van der Waals surface area (Å²) >= 11 is 0. The Morgan fingerprint density at radius 2 is 1.82 bits per heavy atom. The molecule has 0 amide bonds. The fourth-order valence-electron chi connectivity index (χ4n) is 1.55. The zero-order chi connectivity index (χ0) is 12.7. The molecule has 0 aliphatic rings. The average Bonchev–Trinajstić information content (AvgIpc) is 2.36. The minimum Gasteiger partial charge on any atom is -0.488 e. The molecule has 0 saturated carbocycles. The Hall–Kier alpha value is -1.06. The van der Waals surface area contributed by atoms with Crippen molar-refractivity contribution in [3.8, 4) is 5.75 Å². The Morgan fingerprint density at radius 3 is 2.35 bits per heavy atom. The smallest absolute Gasteiger partial charge is 0.119 e. The molecule has 1 aromatic rings. The summed E-state index contributed by atoms with van der Waals surface area (Å²) in [5.74, 6) is 0.893. The number of nitrogens with one attached hydrogen (secondary N) is 1. The van der Waals surface area contributed by atoms with E-state index in [1.165, 1.54) is 5.56 Å². The summed E-state index contributed by atoms with van der Waals surface area (Å²) in [5.41, 5.74) is 1.26. The van der Waals surface area contributed by atoms with Crippen LogP contribution in [0.4, 0.5) is 0 Å². The molecule has 0 bridgehead atoms. The zero-order valence-corrected chi connectivity index (χ0v) is 11.2. The molecule has 2 atom stereocenters. The molecule has 0 aromatic heterocycles. The highest BCUT2D eigenvalue weighted by atomic mass is 16.5. The second kappa shape index (κ2) is 7.30. The minimum absolute atomic E-state index is 0.0857. The Morgan fingerprint density at radius 1 is 1.18 bits per heavy atom. The lowest BCUT2D eigenvalue weighted by Crippen LogP contribution is -2.19. The van der Waals surface area contributed by atoms with E-state index >= 15 is 0 Å². The first-order chi connectivity index (χ1) is 8.17. The first kappa shape index (κ1) is 14.0. The summed E-state index contributed by atoms with van der Waals surface area (Å²) in [6.07, 6.45) is 0.0857. The van der Waals surface area contributed by atoms with Crippen molar-refractivity contribution in [2.75, 3.05) is 20.3 Å². The first-order valence-corrected chi connectivity index (χ1v) is 6.19. The summed E-state index contributed by atoms with van der Waals surface area (Å²) < 4.78 is 11.1. The third-order valence-electron chi connectivity index (χ3n) is 2.71. The monoisotopic (exact) mass is 237 g/mol. The fourth-order valence-corrected chi connectivity index (χ4v) is 1.55. The molecule has 3 nitrogen and oxygen atoms in total. The van der Waals surface area contributed by atoms with Gasteiger partial charge in [-0.1, -0.05) is 12.1 Å². The molecule has 0 heterocycles. The van der Waals surface area contributed by atoms with Crippen LogP contribution in [-0.4, -0.2) is 26.4 Å². The standard InChI is InChI=1S/C14H23NO2/c1-5-16-10-11(2)17-14-8-6-13(7-9-14)12(3)15-4/h6-9,11-12,15H,5,10H2,1-4H3. The van der Waals surface area contributed by atoms with Gasteiger partial charge in [-0.3, -0.25) is 0 Å². The van der Waals surface area contributed by atoms with Crippen molar-refractivity contribution in [1.29, 1.82) is 0 Å². The molecule has 17 heavy (non-hydrogen) atoms. The highest BCUT2D eigenvalue weighted by Gasteiger charge is 2.05. The van der Waals surface area contributed by atoms with Crippen LogP contribution in [0.5, 0.6) is 5.75 Å². The second-order valence-corrected chi connectivity index (χ2v) is 4.17. The highest BCUT2D eigenvalue weighted by Crippen LogP contribution is 2.18. The van der Waals surface area contributed by atoms with Crippen LogP contribution in [0.3, 0.4) is 0 Å². The molecule has 1 rings (SSSR count). The Kier molecular flexibility index (Phi) is 6.01. The molecule has 1 aromatic carbocycles. The van der Waals surface area contributed by atoms with Gasteiger partial charge in [-0.2, -0.15) is 0 Å². The summed E-state index contributed by atoms with van der Waals surface area (Å²) in [6.45, 7) is 7.49. The SMILES string of the molecule is CCOCC(C)Oc1ccc(C(C)NC)cc1. The van der Waals surface area contributed by atoms with Gasteiger partial charge in [-0.15, -0.1) is 0 Å². The molecule has 0 radical (unpaired) electrons. The minimum atomic E-state index is 0.0857. The number of rotatable bonds is 7. The van der Waals surface area contributed by atoms with Crippen molar-refractivity contribution in [2.24, 2.45) is 0 Å². The number of hydrogen-bond acceptors (Lipinski definition) is 3. The summed E-state index contributed by atoms with van der Waals surface area (Å²) in [7, 11) is 1.96. The van der Waals surface area contributed by atoms with Gasteiger partial charge < -0.3 is 14.8 Å². The predicted molar refractivity (Wildman–Crippen MR) is 70.5 cm³/mol. The summed E-state index contributed by atoms with van der Waals surface area (Å²) in [5, 5.41) is 3.21. The van der Waals surface area contributed by atoms with Gasteiger partial charge in [-0.05, 0) is 45.5 Å². The predicted octanol–water partition coefficient (Wildman–Crippen LogP) is 2.77. The van der Waals surface area contributed by atoms with Gasteiger partial charge in [0.1, 0.15) is 11.9 Å². The van der Waals surface area contributed by atoms with Crippen molar-refractivity contribution >= 4 is 0 Å². The molecule has 1 N–H and O–H groups in total. The maximum Gasteiger partial charge on any atom is 0.119 e. The van der Waals surface area contributed by atoms with E-state index < -0.39 is 0 Å². The molecule has 0 spiro atoms. The van der Waals surface area contributed by atoms with E-state index in [2.05, 4.69) is 24.4 Å². The van der Waals surface area contributed by atoms with Gasteiger partial charge in [0.05, 0.1) is 6.61 Å². The van der Waals surface area contributed by atoms with Gasteiger partial charge in [0, 0.05) is 12.6 Å². The van der Waals surface area contributed by atoms with Gasteiger partial charge in [0.15, 0.2) is 0 Å². The van der Waals surface area contributed by atoms with E-state index in [0.29, 0.717) is 12.6 Å². The van der Waals surface area contributed by atoms with Crippen LogP contribution < -0.4 is 10.1 Å². The van der Waals surface area contributed by atoms with Crippen LogP contribution in [0.15, 0.2) is 24.3 Å². The van der Waals surface area contributed by atoms with Crippen molar-refractivity contribution in [1.82, 2.24) is 5.32 Å². The van der Waals surface area contributed by atoms with Crippen LogP contribution >= 0.6 is 0 Å². The lowest BCUT2D eigenvalue weighted by atomic mass is 10.1. The van der Waals surface area contributed by atoms with Crippen LogP contribution in [0, 0.1) is 0 Å². The number of hydrogen-bond donors (Lipinski definition) is 1. The Labute approximate surface area is 104 Å². The van der Waals surface area contributed by atoms with Crippen LogP contribution in [0.25, 0.3) is 0 Å². The third-order valence-corrected chi connectivity index (χ3v) is 2.71. The lowest BCUT2D eigenvalue weighted by Gasteiger charge is -2.16. The zero-order valence-electron chi connectivity index (χ0n) is 11.2. The van der Waals surface area contributed by atoms with E-state index in [4.69, 9.17) is 9.47 Å². The molecule has 0 fully saturated rings. The molecule has 3 heteroatoms. The van der Waals surface area contributed by atoms with Crippen molar-refractivity contribution in [3.63, 3.8) is 0 Å². The van der Waals surface area contributed by atoms with Crippen LogP contribution in [0.2, 0.25) is 0 Å². The fraction of sp³-hybridized carbons (Fsp3) is 0.571. The molecule has 2 unspecified atom stereocenters. The van der Waals surface area contributed by atoms with Crippen molar-refractivity contribution in [2.45, 2.75) is 32.9 Å². The van der Waals surface area contributed by atoms with E-state index in [9.17, 15) is 0 Å². The van der Waals surface area contributed by atoms with Crippen molar-refractivity contribution < 1.29 is 9.47 Å². The molecule has 0 aliphatic carbocycles. The third kappa shape index (κ3) is 4.75. The van der Waals surface area contributed by atoms with E-state index in [0.717, 1.165) is 12.4 Å². The number of ether oxygens (including phenoxy) is 2. The van der Waals surface area contributed by atoms with E-state index in [1.54, 1.807) is 0 Å². The molecular formula is C14H23NO2. The maximum atomic E-state index is 5.74. The van der Waals surface area contributed by atoms with Gasteiger partial charge >= 0.3 is 0 Å². The van der Waals surface area contributed by atoms with Crippen LogP contribution in [0.1, 0.15) is 32.4 Å². The van der Waals surface area contributed by atoms with Gasteiger partial charge in [-0.25, -0.2) is 0 Å². The molecule has 0 aliphatic heterocycles. The molecule has 96 valence electrons. The van der Waals surface area contributed by atoms with Crippen LogP contribution in [-0.2, 0) is 4.74 Å². The second-order valence-electron chi connectivity index (χ2n) is 4.17. The quantitative estimate of drug-likeness (QED) is 0.791. The summed E-state index contributed by atoms with van der Waals surface area (Å²) in [4.78, 5) is 0. The van der Waals surface area contributed by atoms with E-state index in [-0.39, 0.29) is 6.10 Å². The first-order valence-electron chi connectivity index (χ1n) is 6.19.